The number of likely N-dealkylation sites (tertiary alicyclic amines) is 1. The Bertz CT molecular complexity index is 550. The van der Waals surface area contributed by atoms with Crippen molar-refractivity contribution in [3.63, 3.8) is 0 Å². The molecule has 1 aliphatic rings. The number of carbonyl (C=O) groups excluding carboxylic acids is 2. The highest BCUT2D eigenvalue weighted by Gasteiger charge is 2.26. The summed E-state index contributed by atoms with van der Waals surface area (Å²) in [5.74, 6) is 0.322. The predicted molar refractivity (Wildman–Crippen MR) is 95.3 cm³/mol. The molecule has 1 fully saturated rings. The molecule has 2 rings (SSSR count). The maximum atomic E-state index is 12.6. The summed E-state index contributed by atoms with van der Waals surface area (Å²) in [6.45, 7) is 5.47. The fourth-order valence-electron chi connectivity index (χ4n) is 3.01. The van der Waals surface area contributed by atoms with Gasteiger partial charge in [0.25, 0.3) is 5.91 Å². The van der Waals surface area contributed by atoms with Crippen molar-refractivity contribution in [3.8, 4) is 0 Å². The molecule has 0 unspecified atom stereocenters. The molecule has 0 radical (unpaired) electrons. The first kappa shape index (κ1) is 18.0. The number of hydrogen-bond donors (Lipinski definition) is 1. The van der Waals surface area contributed by atoms with E-state index in [4.69, 9.17) is 0 Å². The van der Waals surface area contributed by atoms with Gasteiger partial charge in [0.15, 0.2) is 0 Å². The molecule has 0 spiro atoms. The number of hydrogen-bond acceptors (Lipinski definition) is 2. The van der Waals surface area contributed by atoms with Crippen LogP contribution in [-0.4, -0.2) is 35.8 Å². The highest BCUT2D eigenvalue weighted by Crippen LogP contribution is 2.20. The van der Waals surface area contributed by atoms with E-state index in [2.05, 4.69) is 21.2 Å². The molecule has 5 heteroatoms. The molecular weight excluding hydrogens is 356 g/mol. The van der Waals surface area contributed by atoms with E-state index in [1.54, 1.807) is 0 Å². The summed E-state index contributed by atoms with van der Waals surface area (Å²) in [7, 11) is 0. The molecule has 4 nitrogen and oxygen atoms in total. The number of amides is 2. The van der Waals surface area contributed by atoms with Crippen molar-refractivity contribution >= 4 is 27.7 Å². The quantitative estimate of drug-likeness (QED) is 0.847. The van der Waals surface area contributed by atoms with Crippen molar-refractivity contribution < 1.29 is 9.59 Å². The van der Waals surface area contributed by atoms with Crippen molar-refractivity contribution in [1.82, 2.24) is 10.2 Å². The van der Waals surface area contributed by atoms with E-state index >= 15 is 0 Å². The van der Waals surface area contributed by atoms with Crippen LogP contribution in [0.3, 0.4) is 0 Å². The molecule has 0 saturated carbocycles. The largest absolute Gasteiger partial charge is 0.353 e. The molecule has 126 valence electrons. The average Bonchev–Trinajstić information content (AvgIpc) is 2.56. The first-order valence-electron chi connectivity index (χ1n) is 8.41. The van der Waals surface area contributed by atoms with E-state index in [0.717, 1.165) is 30.2 Å². The Balaban J connectivity index is 1.88. The second kappa shape index (κ2) is 8.48. The molecule has 1 N–H and O–H groups in total. The normalized spacial score (nSPS) is 15.7. The van der Waals surface area contributed by atoms with Crippen LogP contribution < -0.4 is 5.32 Å². The van der Waals surface area contributed by atoms with E-state index in [1.807, 2.05) is 43.0 Å². The third kappa shape index (κ3) is 4.56. The third-order valence-electron chi connectivity index (χ3n) is 4.59. The zero-order valence-electron chi connectivity index (χ0n) is 13.8. The second-order valence-corrected chi connectivity index (χ2v) is 6.92. The fraction of sp³-hybridized carbons (Fsp3) is 0.556. The topological polar surface area (TPSA) is 49.4 Å². The first-order chi connectivity index (χ1) is 11.1. The molecule has 1 heterocycles. The van der Waals surface area contributed by atoms with Crippen molar-refractivity contribution in [2.24, 2.45) is 5.92 Å². The number of piperidine rings is 1. The number of nitrogens with zero attached hydrogens (tertiary/aromatic N) is 1. The fourth-order valence-corrected chi connectivity index (χ4v) is 3.46. The summed E-state index contributed by atoms with van der Waals surface area (Å²) in [5.41, 5.74) is 0.701. The number of benzene rings is 1. The molecule has 1 aromatic carbocycles. The van der Waals surface area contributed by atoms with Gasteiger partial charge in [-0.15, -0.1) is 0 Å². The van der Waals surface area contributed by atoms with Crippen LogP contribution in [-0.2, 0) is 4.79 Å². The minimum atomic E-state index is 0.0576. The lowest BCUT2D eigenvalue weighted by Crippen LogP contribution is -2.47. The van der Waals surface area contributed by atoms with Crippen LogP contribution in [0.2, 0.25) is 0 Å². The molecule has 1 aromatic rings. The minimum Gasteiger partial charge on any atom is -0.353 e. The zero-order chi connectivity index (χ0) is 16.8. The number of rotatable bonds is 5. The van der Waals surface area contributed by atoms with E-state index in [9.17, 15) is 9.59 Å². The van der Waals surface area contributed by atoms with Crippen LogP contribution in [0.15, 0.2) is 28.7 Å². The summed E-state index contributed by atoms with van der Waals surface area (Å²) in [4.78, 5) is 26.6. The van der Waals surface area contributed by atoms with Gasteiger partial charge in [0, 0.05) is 29.5 Å². The van der Waals surface area contributed by atoms with Gasteiger partial charge in [-0.05, 0) is 53.7 Å². The van der Waals surface area contributed by atoms with Gasteiger partial charge >= 0.3 is 0 Å². The highest BCUT2D eigenvalue weighted by molar-refractivity contribution is 9.10. The van der Waals surface area contributed by atoms with Crippen LogP contribution in [0.4, 0.5) is 0 Å². The Kier molecular flexibility index (Phi) is 6.63. The molecule has 1 saturated heterocycles. The van der Waals surface area contributed by atoms with E-state index in [-0.39, 0.29) is 23.8 Å². The van der Waals surface area contributed by atoms with Gasteiger partial charge in [-0.1, -0.05) is 26.0 Å². The minimum absolute atomic E-state index is 0.0576. The van der Waals surface area contributed by atoms with Crippen molar-refractivity contribution in [2.45, 2.75) is 45.6 Å². The van der Waals surface area contributed by atoms with E-state index in [0.29, 0.717) is 18.7 Å². The smallest absolute Gasteiger partial charge is 0.254 e. The van der Waals surface area contributed by atoms with Gasteiger partial charge in [-0.3, -0.25) is 9.59 Å². The average molecular weight is 381 g/mol. The molecule has 2 amide bonds. The second-order valence-electron chi connectivity index (χ2n) is 6.07. The molecular formula is C18H25BrN2O2. The van der Waals surface area contributed by atoms with Crippen molar-refractivity contribution in [1.29, 1.82) is 0 Å². The lowest BCUT2D eigenvalue weighted by Gasteiger charge is -2.33. The monoisotopic (exact) mass is 380 g/mol. The van der Waals surface area contributed by atoms with Crippen LogP contribution in [0, 0.1) is 5.92 Å². The number of nitrogens with one attached hydrogen (secondary N) is 1. The molecule has 1 aliphatic heterocycles. The number of carbonyl (C=O) groups is 2. The SMILES string of the molecule is CCC(CC)C(=O)NC1CCN(C(=O)c2ccccc2Br)CC1. The lowest BCUT2D eigenvalue weighted by atomic mass is 9.99. The van der Waals surface area contributed by atoms with Gasteiger partial charge in [0.05, 0.1) is 5.56 Å². The van der Waals surface area contributed by atoms with Crippen LogP contribution in [0.5, 0.6) is 0 Å². The van der Waals surface area contributed by atoms with Crippen LogP contribution >= 0.6 is 15.9 Å². The Hall–Kier alpha value is -1.36. The van der Waals surface area contributed by atoms with Gasteiger partial charge in [-0.2, -0.15) is 0 Å². The van der Waals surface area contributed by atoms with Crippen LogP contribution in [0.25, 0.3) is 0 Å². The highest BCUT2D eigenvalue weighted by atomic mass is 79.9. The van der Waals surface area contributed by atoms with Gasteiger partial charge in [0.1, 0.15) is 0 Å². The van der Waals surface area contributed by atoms with Crippen molar-refractivity contribution in [2.75, 3.05) is 13.1 Å². The summed E-state index contributed by atoms with van der Waals surface area (Å²) in [5, 5.41) is 3.15. The summed E-state index contributed by atoms with van der Waals surface area (Å²) < 4.78 is 0.828. The Labute approximate surface area is 146 Å². The lowest BCUT2D eigenvalue weighted by molar-refractivity contribution is -0.126. The maximum Gasteiger partial charge on any atom is 0.254 e. The zero-order valence-corrected chi connectivity index (χ0v) is 15.4. The van der Waals surface area contributed by atoms with Gasteiger partial charge in [-0.25, -0.2) is 0 Å². The van der Waals surface area contributed by atoms with E-state index < -0.39 is 0 Å². The van der Waals surface area contributed by atoms with Gasteiger partial charge in [0.2, 0.25) is 5.91 Å². The first-order valence-corrected chi connectivity index (χ1v) is 9.20. The summed E-state index contributed by atoms with van der Waals surface area (Å²) >= 11 is 3.44. The Morgan fingerprint density at radius 3 is 2.39 bits per heavy atom. The summed E-state index contributed by atoms with van der Waals surface area (Å²) in [6.07, 6.45) is 3.40. The van der Waals surface area contributed by atoms with E-state index in [1.165, 1.54) is 0 Å². The van der Waals surface area contributed by atoms with Crippen molar-refractivity contribution in [3.05, 3.63) is 34.3 Å². The molecule has 23 heavy (non-hydrogen) atoms. The Morgan fingerprint density at radius 1 is 1.22 bits per heavy atom. The Morgan fingerprint density at radius 2 is 1.83 bits per heavy atom. The van der Waals surface area contributed by atoms with Gasteiger partial charge < -0.3 is 10.2 Å². The third-order valence-corrected chi connectivity index (χ3v) is 5.28. The molecule has 0 aromatic heterocycles. The standard InChI is InChI=1S/C18H25BrN2O2/c1-3-13(4-2)17(22)20-14-9-11-21(12-10-14)18(23)15-7-5-6-8-16(15)19/h5-8,13-14H,3-4,9-12H2,1-2H3,(H,20,22). The molecule has 0 atom stereocenters. The molecule has 0 bridgehead atoms. The van der Waals surface area contributed by atoms with Crippen LogP contribution in [0.1, 0.15) is 49.9 Å². The molecule has 0 aliphatic carbocycles. The predicted octanol–water partition coefficient (Wildman–Crippen LogP) is 3.61. The number of halogens is 1. The summed E-state index contributed by atoms with van der Waals surface area (Å²) in [6, 6.07) is 7.69. The maximum absolute atomic E-state index is 12.6.